The van der Waals surface area contributed by atoms with Crippen LogP contribution in [-0.4, -0.2) is 16.2 Å². The fourth-order valence-corrected chi connectivity index (χ4v) is 8.50. The zero-order valence-electron chi connectivity index (χ0n) is 37.2. The molecule has 0 saturated carbocycles. The molecule has 0 saturated heterocycles. The van der Waals surface area contributed by atoms with E-state index in [-0.39, 0.29) is 27.1 Å². The van der Waals surface area contributed by atoms with E-state index < -0.39 is 0 Å². The van der Waals surface area contributed by atoms with Crippen molar-refractivity contribution in [3.8, 4) is 5.82 Å². The Morgan fingerprint density at radius 2 is 0.912 bits per heavy atom. The van der Waals surface area contributed by atoms with Crippen molar-refractivity contribution < 1.29 is 0 Å². The Kier molecular flexibility index (Phi) is 10.1. The van der Waals surface area contributed by atoms with Crippen LogP contribution in [-0.2, 0) is 27.1 Å². The van der Waals surface area contributed by atoms with Crippen molar-refractivity contribution in [2.45, 2.75) is 141 Å². The Balaban J connectivity index is 1.29. The van der Waals surface area contributed by atoms with Gasteiger partial charge in [0, 0.05) is 50.5 Å². The lowest BCUT2D eigenvalue weighted by molar-refractivity contribution is 0.568. The SMILES string of the molecule is CC(C)(C)c1cc(Sc2ccc3c4ccc(C(C)(C)C)cc4n(-c4cc(C(C)(C)C)ccn4)c3c2)cc(N2C=CN(c3cc(C(C)(C)C)cc(C(C)(C)C)c3)C2)c1. The Bertz CT molecular complexity index is 2470. The third-order valence-electron chi connectivity index (χ3n) is 11.5. The molecule has 298 valence electrons. The third kappa shape index (κ3) is 8.42. The number of benzene rings is 4. The molecule has 6 aromatic rings. The van der Waals surface area contributed by atoms with Gasteiger partial charge in [-0.25, -0.2) is 4.98 Å². The van der Waals surface area contributed by atoms with E-state index >= 15 is 0 Å². The second-order valence-electron chi connectivity index (χ2n) is 21.4. The maximum Gasteiger partial charge on any atom is 0.137 e. The van der Waals surface area contributed by atoms with E-state index in [1.54, 1.807) is 0 Å². The summed E-state index contributed by atoms with van der Waals surface area (Å²) in [6.07, 6.45) is 6.45. The minimum atomic E-state index is -0.0119. The first-order chi connectivity index (χ1) is 26.4. The average molecular weight is 777 g/mol. The molecule has 0 radical (unpaired) electrons. The molecule has 0 aliphatic carbocycles. The quantitative estimate of drug-likeness (QED) is 0.174. The topological polar surface area (TPSA) is 24.3 Å². The highest BCUT2D eigenvalue weighted by Gasteiger charge is 2.26. The molecule has 0 bridgehead atoms. The predicted octanol–water partition coefficient (Wildman–Crippen LogP) is 14.6. The maximum atomic E-state index is 5.00. The third-order valence-corrected chi connectivity index (χ3v) is 12.4. The summed E-state index contributed by atoms with van der Waals surface area (Å²) in [6.45, 7) is 35.2. The lowest BCUT2D eigenvalue weighted by Crippen LogP contribution is -2.26. The second-order valence-corrected chi connectivity index (χ2v) is 22.5. The summed E-state index contributed by atoms with van der Waals surface area (Å²) in [6, 6.07) is 32.7. The standard InChI is InChI=1S/C52H64N4S/c1-48(2,3)34-16-18-43-44-19-17-41(32-46(44)56(45(43)29-34)47-30-35(20-21-53-47)49(4,5)6)57-42-28-38(52(13,14)15)27-40(31-42)55-23-22-54(33-55)39-25-36(50(7,8)9)24-37(26-39)51(10,11)12/h16-32H,33H2,1-15H3. The van der Waals surface area contributed by atoms with Gasteiger partial charge in [-0.2, -0.15) is 0 Å². The largest absolute Gasteiger partial charge is 0.328 e. The van der Waals surface area contributed by atoms with E-state index in [9.17, 15) is 0 Å². The molecule has 0 fully saturated rings. The lowest BCUT2D eigenvalue weighted by Gasteiger charge is -2.29. The maximum absolute atomic E-state index is 5.00. The van der Waals surface area contributed by atoms with Gasteiger partial charge < -0.3 is 9.80 Å². The zero-order chi connectivity index (χ0) is 41.5. The minimum Gasteiger partial charge on any atom is -0.328 e. The van der Waals surface area contributed by atoms with E-state index in [4.69, 9.17) is 4.98 Å². The zero-order valence-corrected chi connectivity index (χ0v) is 38.0. The summed E-state index contributed by atoms with van der Waals surface area (Å²) in [5.74, 6) is 0.959. The molecule has 0 N–H and O–H groups in total. The van der Waals surface area contributed by atoms with Crippen LogP contribution in [0.2, 0.25) is 0 Å². The van der Waals surface area contributed by atoms with Crippen LogP contribution in [0.4, 0.5) is 11.4 Å². The number of aromatic nitrogens is 2. The van der Waals surface area contributed by atoms with Crippen molar-refractivity contribution in [2.75, 3.05) is 16.5 Å². The van der Waals surface area contributed by atoms with Crippen molar-refractivity contribution in [2.24, 2.45) is 0 Å². The van der Waals surface area contributed by atoms with Crippen LogP contribution in [0.25, 0.3) is 27.6 Å². The number of rotatable bonds is 5. The number of hydrogen-bond acceptors (Lipinski definition) is 4. The summed E-state index contributed by atoms with van der Waals surface area (Å²) in [5.41, 5.74) is 11.6. The highest BCUT2D eigenvalue weighted by Crippen LogP contribution is 2.42. The normalized spacial score (nSPS) is 14.4. The monoisotopic (exact) mass is 776 g/mol. The van der Waals surface area contributed by atoms with Crippen molar-refractivity contribution in [3.05, 3.63) is 131 Å². The minimum absolute atomic E-state index is 0.0111. The van der Waals surface area contributed by atoms with Gasteiger partial charge in [-0.1, -0.05) is 140 Å². The molecule has 3 heterocycles. The van der Waals surface area contributed by atoms with Crippen LogP contribution < -0.4 is 9.80 Å². The van der Waals surface area contributed by atoms with Crippen LogP contribution in [0.15, 0.2) is 113 Å². The molecule has 0 unspecified atom stereocenters. The number of pyridine rings is 1. The summed E-state index contributed by atoms with van der Waals surface area (Å²) in [7, 11) is 0. The smallest absolute Gasteiger partial charge is 0.137 e. The van der Waals surface area contributed by atoms with Crippen LogP contribution in [0.5, 0.6) is 0 Å². The van der Waals surface area contributed by atoms with Gasteiger partial charge in [-0.05, 0) is 116 Å². The average Bonchev–Trinajstić information content (AvgIpc) is 3.73. The molecule has 1 aliphatic rings. The molecule has 57 heavy (non-hydrogen) atoms. The van der Waals surface area contributed by atoms with E-state index in [1.165, 1.54) is 70.8 Å². The molecule has 0 spiro atoms. The number of anilines is 2. The molecule has 1 aliphatic heterocycles. The number of nitrogens with zero attached hydrogens (tertiary/aromatic N) is 4. The van der Waals surface area contributed by atoms with E-state index in [2.05, 4.69) is 216 Å². The second kappa shape index (κ2) is 14.1. The van der Waals surface area contributed by atoms with Gasteiger partial charge in [0.05, 0.1) is 17.7 Å². The van der Waals surface area contributed by atoms with Gasteiger partial charge in [0.2, 0.25) is 0 Å². The lowest BCUT2D eigenvalue weighted by atomic mass is 9.80. The van der Waals surface area contributed by atoms with Gasteiger partial charge in [0.15, 0.2) is 0 Å². The van der Waals surface area contributed by atoms with Crippen LogP contribution in [0, 0.1) is 0 Å². The first-order valence-corrected chi connectivity index (χ1v) is 21.4. The molecule has 0 atom stereocenters. The fourth-order valence-electron chi connectivity index (χ4n) is 7.56. The number of hydrogen-bond donors (Lipinski definition) is 0. The summed E-state index contributed by atoms with van der Waals surface area (Å²) < 4.78 is 2.39. The van der Waals surface area contributed by atoms with Gasteiger partial charge >= 0.3 is 0 Å². The van der Waals surface area contributed by atoms with Gasteiger partial charge in [-0.3, -0.25) is 4.57 Å². The predicted molar refractivity (Wildman–Crippen MR) is 248 cm³/mol. The fraction of sp³-hybridized carbons (Fsp3) is 0.404. The van der Waals surface area contributed by atoms with E-state index in [1.807, 2.05) is 18.0 Å². The van der Waals surface area contributed by atoms with Gasteiger partial charge in [-0.15, -0.1) is 0 Å². The summed E-state index contributed by atoms with van der Waals surface area (Å²) in [4.78, 5) is 12.2. The molecule has 0 amide bonds. The highest BCUT2D eigenvalue weighted by molar-refractivity contribution is 7.99. The highest BCUT2D eigenvalue weighted by atomic mass is 32.2. The summed E-state index contributed by atoms with van der Waals surface area (Å²) in [5, 5.41) is 2.50. The van der Waals surface area contributed by atoms with Crippen molar-refractivity contribution >= 4 is 44.9 Å². The van der Waals surface area contributed by atoms with Crippen molar-refractivity contribution in [1.29, 1.82) is 0 Å². The molecular formula is C52H64N4S. The van der Waals surface area contributed by atoms with E-state index in [0.29, 0.717) is 0 Å². The first-order valence-electron chi connectivity index (χ1n) is 20.6. The Morgan fingerprint density at radius 1 is 0.439 bits per heavy atom. The van der Waals surface area contributed by atoms with Gasteiger partial charge in [0.25, 0.3) is 0 Å². The van der Waals surface area contributed by atoms with Crippen LogP contribution in [0.3, 0.4) is 0 Å². The first kappa shape index (κ1) is 40.7. The molecule has 4 aromatic carbocycles. The molecule has 4 nitrogen and oxygen atoms in total. The van der Waals surface area contributed by atoms with Crippen LogP contribution >= 0.6 is 11.8 Å². The number of fused-ring (bicyclic) bond motifs is 3. The Labute approximate surface area is 347 Å². The molecule has 2 aromatic heterocycles. The molecule has 5 heteroatoms. The molecular weight excluding hydrogens is 713 g/mol. The Hall–Kier alpha value is -4.48. The summed E-state index contributed by atoms with van der Waals surface area (Å²) >= 11 is 1.84. The molecule has 7 rings (SSSR count). The Morgan fingerprint density at radius 3 is 1.46 bits per heavy atom. The van der Waals surface area contributed by atoms with Crippen molar-refractivity contribution in [3.63, 3.8) is 0 Å². The van der Waals surface area contributed by atoms with Gasteiger partial charge in [0.1, 0.15) is 5.82 Å². The van der Waals surface area contributed by atoms with Crippen molar-refractivity contribution in [1.82, 2.24) is 9.55 Å². The van der Waals surface area contributed by atoms with Crippen LogP contribution in [0.1, 0.15) is 132 Å². The van der Waals surface area contributed by atoms with E-state index in [0.717, 1.165) is 12.5 Å².